The van der Waals surface area contributed by atoms with Gasteiger partial charge in [-0.15, -0.1) is 0 Å². The van der Waals surface area contributed by atoms with E-state index in [0.717, 1.165) is 5.56 Å². The van der Waals surface area contributed by atoms with Crippen LogP contribution >= 0.6 is 11.6 Å². The number of esters is 1. The topological polar surface area (TPSA) is 51.8 Å². The number of cyclic esters (lactones) is 1. The molecule has 0 bridgehead atoms. The quantitative estimate of drug-likeness (QED) is 0.636. The Balaban J connectivity index is 1.68. The summed E-state index contributed by atoms with van der Waals surface area (Å²) in [5.74, 6) is 0.534. The Bertz CT molecular complexity index is 717. The molecule has 1 aliphatic rings. The van der Waals surface area contributed by atoms with Gasteiger partial charge in [-0.25, -0.2) is 9.79 Å². The third-order valence-corrected chi connectivity index (χ3v) is 3.24. The summed E-state index contributed by atoms with van der Waals surface area (Å²) in [6.45, 7) is 0. The standard InChI is InChI=1S/C16H12ClNO3/c17-12-4-1-3-11(9-12)6-7-15-18-14(16(19)21-15)10-13-5-2-8-20-13/h1-5,8-10H,6-7H2/b14-10+. The Morgan fingerprint density at radius 1 is 1.19 bits per heavy atom. The van der Waals surface area contributed by atoms with E-state index in [4.69, 9.17) is 20.8 Å². The number of aliphatic imine (C=N–C) groups is 1. The first kappa shape index (κ1) is 13.6. The van der Waals surface area contributed by atoms with E-state index in [-0.39, 0.29) is 5.70 Å². The predicted molar refractivity (Wildman–Crippen MR) is 80.0 cm³/mol. The second-order valence-electron chi connectivity index (χ2n) is 4.57. The van der Waals surface area contributed by atoms with Crippen LogP contribution in [0.4, 0.5) is 0 Å². The summed E-state index contributed by atoms with van der Waals surface area (Å²) in [7, 11) is 0. The molecule has 0 spiro atoms. The summed E-state index contributed by atoms with van der Waals surface area (Å²) >= 11 is 5.93. The minimum absolute atomic E-state index is 0.256. The van der Waals surface area contributed by atoms with Crippen molar-refractivity contribution in [3.05, 3.63) is 64.7 Å². The molecule has 0 fully saturated rings. The minimum atomic E-state index is -0.451. The first-order valence-electron chi connectivity index (χ1n) is 6.50. The molecule has 0 unspecified atom stereocenters. The average molecular weight is 302 g/mol. The second-order valence-corrected chi connectivity index (χ2v) is 5.01. The lowest BCUT2D eigenvalue weighted by Gasteiger charge is -2.01. The average Bonchev–Trinajstić information content (AvgIpc) is 3.08. The zero-order chi connectivity index (χ0) is 14.7. The normalized spacial score (nSPS) is 16.1. The highest BCUT2D eigenvalue weighted by atomic mass is 35.5. The lowest BCUT2D eigenvalue weighted by atomic mass is 10.1. The number of ether oxygens (including phenoxy) is 1. The van der Waals surface area contributed by atoms with E-state index in [9.17, 15) is 4.79 Å². The van der Waals surface area contributed by atoms with Crippen LogP contribution in [0.15, 0.2) is 57.8 Å². The molecule has 4 nitrogen and oxygen atoms in total. The number of carbonyl (C=O) groups is 1. The van der Waals surface area contributed by atoms with Gasteiger partial charge < -0.3 is 9.15 Å². The summed E-state index contributed by atoms with van der Waals surface area (Å²) in [5, 5.41) is 0.691. The van der Waals surface area contributed by atoms with Crippen molar-refractivity contribution in [2.75, 3.05) is 0 Å². The minimum Gasteiger partial charge on any atom is -0.465 e. The van der Waals surface area contributed by atoms with Crippen LogP contribution in [0, 0.1) is 0 Å². The number of nitrogens with zero attached hydrogens (tertiary/aromatic N) is 1. The molecule has 0 radical (unpaired) electrons. The molecule has 0 N–H and O–H groups in total. The highest BCUT2D eigenvalue weighted by Crippen LogP contribution is 2.19. The number of rotatable bonds is 4. The van der Waals surface area contributed by atoms with Gasteiger partial charge in [0.15, 0.2) is 11.6 Å². The van der Waals surface area contributed by atoms with E-state index in [1.807, 2.05) is 24.3 Å². The van der Waals surface area contributed by atoms with Crippen LogP contribution in [0.1, 0.15) is 17.7 Å². The number of furan rings is 1. The molecule has 3 rings (SSSR count). The van der Waals surface area contributed by atoms with Crippen LogP contribution in [0.5, 0.6) is 0 Å². The number of aryl methyl sites for hydroxylation is 1. The van der Waals surface area contributed by atoms with Gasteiger partial charge >= 0.3 is 5.97 Å². The van der Waals surface area contributed by atoms with Gasteiger partial charge in [-0.1, -0.05) is 23.7 Å². The Labute approximate surface area is 126 Å². The van der Waals surface area contributed by atoms with Crippen molar-refractivity contribution in [1.29, 1.82) is 0 Å². The van der Waals surface area contributed by atoms with Crippen molar-refractivity contribution in [3.8, 4) is 0 Å². The van der Waals surface area contributed by atoms with Crippen LogP contribution in [0.2, 0.25) is 5.02 Å². The molecule has 106 valence electrons. The molecule has 0 atom stereocenters. The van der Waals surface area contributed by atoms with E-state index in [2.05, 4.69) is 4.99 Å². The third kappa shape index (κ3) is 3.41. The Morgan fingerprint density at radius 2 is 2.10 bits per heavy atom. The van der Waals surface area contributed by atoms with Crippen molar-refractivity contribution in [2.45, 2.75) is 12.8 Å². The summed E-state index contributed by atoms with van der Waals surface area (Å²) in [4.78, 5) is 15.9. The van der Waals surface area contributed by atoms with Crippen molar-refractivity contribution in [1.82, 2.24) is 0 Å². The molecule has 0 amide bonds. The van der Waals surface area contributed by atoms with Gasteiger partial charge in [0.25, 0.3) is 0 Å². The maximum atomic E-state index is 11.7. The summed E-state index contributed by atoms with van der Waals surface area (Å²) in [6, 6.07) is 11.1. The molecule has 0 saturated heterocycles. The lowest BCUT2D eigenvalue weighted by molar-refractivity contribution is -0.130. The van der Waals surface area contributed by atoms with E-state index < -0.39 is 5.97 Å². The summed E-state index contributed by atoms with van der Waals surface area (Å²) in [6.07, 6.45) is 4.35. The van der Waals surface area contributed by atoms with Crippen molar-refractivity contribution in [3.63, 3.8) is 0 Å². The number of hydrogen-bond donors (Lipinski definition) is 0. The molecule has 2 heterocycles. The fraction of sp³-hybridized carbons (Fsp3) is 0.125. The smallest absolute Gasteiger partial charge is 0.363 e. The molecule has 5 heteroatoms. The van der Waals surface area contributed by atoms with Gasteiger partial charge in [-0.2, -0.15) is 0 Å². The Hall–Kier alpha value is -2.33. The molecule has 1 aromatic carbocycles. The Morgan fingerprint density at radius 3 is 2.86 bits per heavy atom. The molecular formula is C16H12ClNO3. The van der Waals surface area contributed by atoms with Gasteiger partial charge in [-0.3, -0.25) is 0 Å². The first-order valence-corrected chi connectivity index (χ1v) is 6.88. The largest absolute Gasteiger partial charge is 0.465 e. The molecule has 21 heavy (non-hydrogen) atoms. The van der Waals surface area contributed by atoms with Gasteiger partial charge in [0.05, 0.1) is 6.26 Å². The van der Waals surface area contributed by atoms with Crippen molar-refractivity contribution in [2.24, 2.45) is 4.99 Å². The number of benzene rings is 1. The van der Waals surface area contributed by atoms with Gasteiger partial charge in [-0.05, 0) is 36.2 Å². The summed E-state index contributed by atoms with van der Waals surface area (Å²) in [5.41, 5.74) is 1.33. The van der Waals surface area contributed by atoms with Crippen LogP contribution in [-0.4, -0.2) is 11.9 Å². The molecule has 2 aromatic rings. The number of halogens is 1. The highest BCUT2D eigenvalue weighted by molar-refractivity contribution is 6.30. The zero-order valence-electron chi connectivity index (χ0n) is 11.1. The van der Waals surface area contributed by atoms with Crippen LogP contribution in [-0.2, 0) is 16.0 Å². The maximum absolute atomic E-state index is 11.7. The number of carbonyl (C=O) groups excluding carboxylic acids is 1. The lowest BCUT2D eigenvalue weighted by Crippen LogP contribution is -2.05. The van der Waals surface area contributed by atoms with Crippen molar-refractivity contribution >= 4 is 29.5 Å². The van der Waals surface area contributed by atoms with Gasteiger partial charge in [0.2, 0.25) is 0 Å². The molecule has 0 saturated carbocycles. The molecular weight excluding hydrogens is 290 g/mol. The van der Waals surface area contributed by atoms with Crippen LogP contribution in [0.25, 0.3) is 6.08 Å². The van der Waals surface area contributed by atoms with Gasteiger partial charge in [0.1, 0.15) is 5.76 Å². The molecule has 1 aliphatic heterocycles. The number of hydrogen-bond acceptors (Lipinski definition) is 4. The predicted octanol–water partition coefficient (Wildman–Crippen LogP) is 3.86. The maximum Gasteiger partial charge on any atom is 0.363 e. The fourth-order valence-electron chi connectivity index (χ4n) is 2.01. The van der Waals surface area contributed by atoms with Gasteiger partial charge in [0, 0.05) is 17.5 Å². The van der Waals surface area contributed by atoms with Crippen LogP contribution in [0.3, 0.4) is 0 Å². The molecule has 0 aliphatic carbocycles. The fourth-order valence-corrected chi connectivity index (χ4v) is 2.23. The van der Waals surface area contributed by atoms with E-state index in [0.29, 0.717) is 29.5 Å². The first-order chi connectivity index (χ1) is 10.2. The third-order valence-electron chi connectivity index (χ3n) is 3.00. The SMILES string of the molecule is O=C1OC(CCc2cccc(Cl)c2)=N/C1=C/c1ccco1. The van der Waals surface area contributed by atoms with E-state index >= 15 is 0 Å². The Kier molecular flexibility index (Phi) is 3.88. The second kappa shape index (κ2) is 5.97. The monoisotopic (exact) mass is 301 g/mol. The zero-order valence-corrected chi connectivity index (χ0v) is 11.8. The van der Waals surface area contributed by atoms with E-state index in [1.54, 1.807) is 18.2 Å². The van der Waals surface area contributed by atoms with E-state index in [1.165, 1.54) is 6.26 Å². The van der Waals surface area contributed by atoms with Crippen LogP contribution < -0.4 is 0 Å². The molecule has 1 aromatic heterocycles. The summed E-state index contributed by atoms with van der Waals surface area (Å²) < 4.78 is 10.3. The highest BCUT2D eigenvalue weighted by Gasteiger charge is 2.22. The van der Waals surface area contributed by atoms with Crippen molar-refractivity contribution < 1.29 is 13.9 Å².